The van der Waals surface area contributed by atoms with E-state index in [4.69, 9.17) is 17.3 Å². The highest BCUT2D eigenvalue weighted by atomic mass is 35.5. The van der Waals surface area contributed by atoms with E-state index in [2.05, 4.69) is 17.0 Å². The first-order valence-corrected chi connectivity index (χ1v) is 9.36. The Labute approximate surface area is 178 Å². The van der Waals surface area contributed by atoms with Gasteiger partial charge in [0.15, 0.2) is 0 Å². The van der Waals surface area contributed by atoms with Crippen LogP contribution in [0.25, 0.3) is 0 Å². The van der Waals surface area contributed by atoms with Gasteiger partial charge in [-0.2, -0.15) is 0 Å². The lowest BCUT2D eigenvalue weighted by atomic mass is 9.68. The third kappa shape index (κ3) is 3.97. The summed E-state index contributed by atoms with van der Waals surface area (Å²) in [6, 6.07) is 16.3. The predicted octanol–water partition coefficient (Wildman–Crippen LogP) is 4.98. The van der Waals surface area contributed by atoms with Crippen LogP contribution in [0, 0.1) is 0 Å². The van der Waals surface area contributed by atoms with Crippen LogP contribution in [0.1, 0.15) is 47.2 Å². The van der Waals surface area contributed by atoms with E-state index >= 15 is 0 Å². The molecule has 2 N–H and O–H groups in total. The largest absolute Gasteiger partial charge is 0.331 e. The van der Waals surface area contributed by atoms with Gasteiger partial charge in [-0.3, -0.25) is 4.79 Å². The molecule has 2 aromatic rings. The van der Waals surface area contributed by atoms with E-state index < -0.39 is 0 Å². The minimum absolute atomic E-state index is 0. The van der Waals surface area contributed by atoms with Gasteiger partial charge in [0.2, 0.25) is 0 Å². The third-order valence-corrected chi connectivity index (χ3v) is 6.27. The van der Waals surface area contributed by atoms with E-state index in [0.717, 1.165) is 48.4 Å². The summed E-state index contributed by atoms with van der Waals surface area (Å²) in [5, 5.41) is 0.762. The molecule has 6 heteroatoms. The number of fused-ring (bicyclic) bond motifs is 1. The Balaban J connectivity index is 0.00000131. The highest BCUT2D eigenvalue weighted by Gasteiger charge is 2.40. The lowest BCUT2D eigenvalue weighted by molar-refractivity contribution is 0.0620. The second-order valence-corrected chi connectivity index (χ2v) is 7.75. The summed E-state index contributed by atoms with van der Waals surface area (Å²) in [6.45, 7) is 1.36. The number of nitrogens with zero attached hydrogens (tertiary/aromatic N) is 1. The zero-order chi connectivity index (χ0) is 17.4. The standard InChI is InChI=1S/C21H23ClN2O.2ClH/c22-17-6-3-5-16(12-17)21(14-23)10-8-18(9-11-21)24-13-15-4-1-2-7-19(15)20(24)25;;/h1-7,12,18H,8-11,13-14,23H2;2*1H. The molecule has 1 aliphatic heterocycles. The van der Waals surface area contributed by atoms with Gasteiger partial charge in [0, 0.05) is 35.1 Å². The zero-order valence-corrected chi connectivity index (χ0v) is 17.5. The van der Waals surface area contributed by atoms with Gasteiger partial charge in [0.05, 0.1) is 0 Å². The summed E-state index contributed by atoms with van der Waals surface area (Å²) >= 11 is 6.19. The fraction of sp³-hybridized carbons (Fsp3) is 0.381. The molecule has 2 aromatic carbocycles. The second-order valence-electron chi connectivity index (χ2n) is 7.32. The minimum Gasteiger partial charge on any atom is -0.331 e. The molecule has 0 spiro atoms. The molecule has 0 saturated heterocycles. The second kappa shape index (κ2) is 8.83. The van der Waals surface area contributed by atoms with Crippen LogP contribution >= 0.6 is 36.4 Å². The Morgan fingerprint density at radius 3 is 2.41 bits per heavy atom. The number of hydrogen-bond donors (Lipinski definition) is 1. The first-order valence-electron chi connectivity index (χ1n) is 8.98. The van der Waals surface area contributed by atoms with Crippen molar-refractivity contribution in [2.24, 2.45) is 5.73 Å². The summed E-state index contributed by atoms with van der Waals surface area (Å²) in [5.74, 6) is 0.184. The summed E-state index contributed by atoms with van der Waals surface area (Å²) in [5.41, 5.74) is 9.43. The van der Waals surface area contributed by atoms with Crippen molar-refractivity contribution in [3.63, 3.8) is 0 Å². The van der Waals surface area contributed by atoms with Crippen LogP contribution in [0.5, 0.6) is 0 Å². The van der Waals surface area contributed by atoms with E-state index in [1.807, 2.05) is 36.4 Å². The smallest absolute Gasteiger partial charge is 0.254 e. The molecule has 1 aliphatic carbocycles. The maximum atomic E-state index is 12.7. The van der Waals surface area contributed by atoms with Crippen LogP contribution in [-0.2, 0) is 12.0 Å². The van der Waals surface area contributed by atoms with Crippen LogP contribution in [-0.4, -0.2) is 23.4 Å². The SMILES string of the molecule is Cl.Cl.NCC1(c2cccc(Cl)c2)CCC(N2Cc3ccccc3C2=O)CC1. The number of rotatable bonds is 3. The summed E-state index contributed by atoms with van der Waals surface area (Å²) in [4.78, 5) is 14.8. The molecule has 0 aromatic heterocycles. The minimum atomic E-state index is -0.0168. The van der Waals surface area contributed by atoms with Gasteiger partial charge < -0.3 is 10.6 Å². The Hall–Kier alpha value is -1.26. The number of carbonyl (C=O) groups excluding carboxylic acids is 1. The highest BCUT2D eigenvalue weighted by Crippen LogP contribution is 2.42. The van der Waals surface area contributed by atoms with Crippen molar-refractivity contribution in [3.05, 3.63) is 70.2 Å². The van der Waals surface area contributed by atoms with Gasteiger partial charge in [-0.15, -0.1) is 24.8 Å². The number of amides is 1. The van der Waals surface area contributed by atoms with Gasteiger partial charge in [-0.05, 0) is 55.0 Å². The lowest BCUT2D eigenvalue weighted by Crippen LogP contribution is -2.45. The van der Waals surface area contributed by atoms with Crippen LogP contribution in [0.4, 0.5) is 0 Å². The van der Waals surface area contributed by atoms with E-state index in [0.29, 0.717) is 12.6 Å². The quantitative estimate of drug-likeness (QED) is 0.751. The number of nitrogens with two attached hydrogens (primary N) is 1. The average molecular weight is 428 g/mol. The average Bonchev–Trinajstić information content (AvgIpc) is 2.99. The van der Waals surface area contributed by atoms with Crippen molar-refractivity contribution in [2.75, 3.05) is 6.54 Å². The number of halogens is 3. The normalized spacial score (nSPS) is 24.0. The number of carbonyl (C=O) groups is 1. The predicted molar refractivity (Wildman–Crippen MR) is 115 cm³/mol. The topological polar surface area (TPSA) is 46.3 Å². The van der Waals surface area contributed by atoms with Crippen molar-refractivity contribution in [3.8, 4) is 0 Å². The van der Waals surface area contributed by atoms with Crippen molar-refractivity contribution in [2.45, 2.75) is 43.7 Å². The molecule has 0 bridgehead atoms. The molecule has 0 unspecified atom stereocenters. The van der Waals surface area contributed by atoms with Crippen molar-refractivity contribution in [1.82, 2.24) is 4.90 Å². The molecule has 1 heterocycles. The van der Waals surface area contributed by atoms with E-state index in [1.165, 1.54) is 5.56 Å². The summed E-state index contributed by atoms with van der Waals surface area (Å²) < 4.78 is 0. The third-order valence-electron chi connectivity index (χ3n) is 6.03. The first kappa shape index (κ1) is 22.0. The molecule has 2 aliphatic rings. The van der Waals surface area contributed by atoms with Crippen molar-refractivity contribution >= 4 is 42.3 Å². The molecule has 1 saturated carbocycles. The van der Waals surface area contributed by atoms with Gasteiger partial charge in [-0.1, -0.05) is 41.9 Å². The molecule has 3 nitrogen and oxygen atoms in total. The van der Waals surface area contributed by atoms with Crippen molar-refractivity contribution in [1.29, 1.82) is 0 Å². The number of benzene rings is 2. The fourth-order valence-corrected chi connectivity index (χ4v) is 4.66. The van der Waals surface area contributed by atoms with E-state index in [9.17, 15) is 4.79 Å². The van der Waals surface area contributed by atoms with Gasteiger partial charge >= 0.3 is 0 Å². The molecule has 4 rings (SSSR count). The maximum Gasteiger partial charge on any atom is 0.254 e. The molecule has 0 atom stereocenters. The molecule has 146 valence electrons. The monoisotopic (exact) mass is 426 g/mol. The van der Waals surface area contributed by atoms with Crippen LogP contribution in [0.15, 0.2) is 48.5 Å². The van der Waals surface area contributed by atoms with E-state index in [1.54, 1.807) is 0 Å². The molecular formula is C21H25Cl3N2O. The highest BCUT2D eigenvalue weighted by molar-refractivity contribution is 6.30. The van der Waals surface area contributed by atoms with Gasteiger partial charge in [0.25, 0.3) is 5.91 Å². The number of hydrogen-bond acceptors (Lipinski definition) is 2. The fourth-order valence-electron chi connectivity index (χ4n) is 4.47. The maximum absolute atomic E-state index is 12.7. The lowest BCUT2D eigenvalue weighted by Gasteiger charge is -2.42. The summed E-state index contributed by atoms with van der Waals surface area (Å²) in [6.07, 6.45) is 3.97. The van der Waals surface area contributed by atoms with Gasteiger partial charge in [-0.25, -0.2) is 0 Å². The summed E-state index contributed by atoms with van der Waals surface area (Å²) in [7, 11) is 0. The van der Waals surface area contributed by atoms with Gasteiger partial charge in [0.1, 0.15) is 0 Å². The Morgan fingerprint density at radius 2 is 1.78 bits per heavy atom. The van der Waals surface area contributed by atoms with Crippen LogP contribution < -0.4 is 5.73 Å². The van der Waals surface area contributed by atoms with Crippen LogP contribution in [0.2, 0.25) is 5.02 Å². The molecule has 27 heavy (non-hydrogen) atoms. The Kier molecular flexibility index (Phi) is 7.20. The zero-order valence-electron chi connectivity index (χ0n) is 15.1. The molecule has 1 fully saturated rings. The van der Waals surface area contributed by atoms with Crippen molar-refractivity contribution < 1.29 is 4.79 Å². The molecular weight excluding hydrogens is 403 g/mol. The molecule has 0 radical (unpaired) electrons. The first-order chi connectivity index (χ1) is 12.1. The Morgan fingerprint density at radius 1 is 1.07 bits per heavy atom. The van der Waals surface area contributed by atoms with E-state index in [-0.39, 0.29) is 36.1 Å². The molecule has 1 amide bonds. The van der Waals surface area contributed by atoms with Crippen LogP contribution in [0.3, 0.4) is 0 Å². The Bertz CT molecular complexity index is 804.